The molecule has 0 aromatic heterocycles. The van der Waals surface area contributed by atoms with Gasteiger partial charge >= 0.3 is 0 Å². The molecule has 7 heteroatoms. The van der Waals surface area contributed by atoms with Crippen LogP contribution in [0.2, 0.25) is 5.02 Å². The van der Waals surface area contributed by atoms with Crippen LogP contribution in [0.5, 0.6) is 0 Å². The molecule has 4 nitrogen and oxygen atoms in total. The lowest BCUT2D eigenvalue weighted by molar-refractivity contribution is 0.266. The van der Waals surface area contributed by atoms with Crippen molar-refractivity contribution in [1.29, 1.82) is 0 Å². The Balaban J connectivity index is 3.22. The fraction of sp³-hybridized carbons (Fsp3) is 0.333. The van der Waals surface area contributed by atoms with E-state index in [1.165, 1.54) is 19.2 Å². The van der Waals surface area contributed by atoms with Gasteiger partial charge in [0.25, 0.3) is 0 Å². The summed E-state index contributed by atoms with van der Waals surface area (Å²) in [7, 11) is -2.68. The van der Waals surface area contributed by atoms with Gasteiger partial charge in [-0.2, -0.15) is 4.31 Å². The Morgan fingerprint density at radius 3 is 2.69 bits per heavy atom. The lowest BCUT2D eigenvalue weighted by Gasteiger charge is -2.16. The molecule has 0 spiro atoms. The lowest BCUT2D eigenvalue weighted by Crippen LogP contribution is -2.30. The van der Waals surface area contributed by atoms with Crippen LogP contribution in [-0.4, -0.2) is 38.0 Å². The van der Waals surface area contributed by atoms with Crippen molar-refractivity contribution in [1.82, 2.24) is 4.31 Å². The first-order valence-electron chi connectivity index (χ1n) is 4.42. The van der Waals surface area contributed by atoms with E-state index in [2.05, 4.69) is 0 Å². The fourth-order valence-corrected chi connectivity index (χ4v) is 2.59. The zero-order valence-electron chi connectivity index (χ0n) is 8.52. The van der Waals surface area contributed by atoms with E-state index < -0.39 is 20.7 Å². The third-order valence-corrected chi connectivity index (χ3v) is 4.19. The van der Waals surface area contributed by atoms with Gasteiger partial charge in [-0.05, 0) is 12.1 Å². The van der Waals surface area contributed by atoms with Gasteiger partial charge in [-0.15, -0.1) is 0 Å². The van der Waals surface area contributed by atoms with E-state index in [9.17, 15) is 12.8 Å². The van der Waals surface area contributed by atoms with Crippen LogP contribution in [0.4, 0.5) is 4.39 Å². The Kier molecular flexibility index (Phi) is 4.26. The standard InChI is InChI=1S/C9H11ClFNO3S/c1-12(5-6-13)16(14,15)8-4-2-3-7(10)9(8)11/h2-4,13H,5-6H2,1H3. The Morgan fingerprint density at radius 1 is 1.50 bits per heavy atom. The topological polar surface area (TPSA) is 57.6 Å². The summed E-state index contributed by atoms with van der Waals surface area (Å²) in [6, 6.07) is 3.75. The number of aliphatic hydroxyl groups is 1. The largest absolute Gasteiger partial charge is 0.395 e. The van der Waals surface area contributed by atoms with Gasteiger partial charge in [0.15, 0.2) is 5.82 Å². The number of benzene rings is 1. The van der Waals surface area contributed by atoms with Crippen molar-refractivity contribution in [3.63, 3.8) is 0 Å². The smallest absolute Gasteiger partial charge is 0.245 e. The van der Waals surface area contributed by atoms with Gasteiger partial charge in [0.1, 0.15) is 4.90 Å². The number of nitrogens with zero attached hydrogens (tertiary/aromatic N) is 1. The molecule has 0 aliphatic carbocycles. The minimum Gasteiger partial charge on any atom is -0.395 e. The summed E-state index contributed by atoms with van der Waals surface area (Å²) in [4.78, 5) is -0.490. The van der Waals surface area contributed by atoms with E-state index in [0.717, 1.165) is 10.4 Å². The van der Waals surface area contributed by atoms with Crippen molar-refractivity contribution in [3.8, 4) is 0 Å². The highest BCUT2D eigenvalue weighted by molar-refractivity contribution is 7.89. The summed E-state index contributed by atoms with van der Waals surface area (Å²) >= 11 is 5.49. The Hall–Kier alpha value is -0.690. The zero-order chi connectivity index (χ0) is 12.3. The third kappa shape index (κ3) is 2.52. The van der Waals surface area contributed by atoms with Crippen molar-refractivity contribution in [2.45, 2.75) is 4.90 Å². The highest BCUT2D eigenvalue weighted by Crippen LogP contribution is 2.23. The van der Waals surface area contributed by atoms with E-state index >= 15 is 0 Å². The van der Waals surface area contributed by atoms with Crippen LogP contribution in [0.25, 0.3) is 0 Å². The van der Waals surface area contributed by atoms with Gasteiger partial charge in [0.05, 0.1) is 11.6 Å². The maximum Gasteiger partial charge on any atom is 0.245 e. The molecule has 0 aliphatic rings. The molecule has 1 N–H and O–H groups in total. The molecule has 0 fully saturated rings. The van der Waals surface area contributed by atoms with Crippen molar-refractivity contribution in [3.05, 3.63) is 29.0 Å². The van der Waals surface area contributed by atoms with Crippen molar-refractivity contribution in [2.24, 2.45) is 0 Å². The molecule has 0 saturated carbocycles. The lowest BCUT2D eigenvalue weighted by atomic mass is 10.3. The SMILES string of the molecule is CN(CCO)S(=O)(=O)c1cccc(Cl)c1F. The van der Waals surface area contributed by atoms with Gasteiger partial charge in [-0.1, -0.05) is 17.7 Å². The van der Waals surface area contributed by atoms with Crippen molar-refractivity contribution in [2.75, 3.05) is 20.2 Å². The van der Waals surface area contributed by atoms with Gasteiger partial charge in [-0.25, -0.2) is 12.8 Å². The maximum absolute atomic E-state index is 13.5. The van der Waals surface area contributed by atoms with Gasteiger partial charge in [0.2, 0.25) is 10.0 Å². The number of hydrogen-bond acceptors (Lipinski definition) is 3. The number of likely N-dealkylation sites (N-methyl/N-ethyl adjacent to an activating group) is 1. The van der Waals surface area contributed by atoms with Crippen molar-refractivity contribution >= 4 is 21.6 Å². The molecule has 90 valence electrons. The molecule has 0 bridgehead atoms. The first-order chi connectivity index (χ1) is 7.41. The van der Waals surface area contributed by atoms with E-state index in [-0.39, 0.29) is 18.2 Å². The van der Waals surface area contributed by atoms with Crippen LogP contribution in [0, 0.1) is 5.82 Å². The predicted molar refractivity (Wildman–Crippen MR) is 58.3 cm³/mol. The Morgan fingerprint density at radius 2 is 2.12 bits per heavy atom. The second-order valence-corrected chi connectivity index (χ2v) is 5.52. The summed E-state index contributed by atoms with van der Waals surface area (Å²) in [6.07, 6.45) is 0. The van der Waals surface area contributed by atoms with Crippen LogP contribution in [0.15, 0.2) is 23.1 Å². The molecule has 0 saturated heterocycles. The molecule has 0 amide bonds. The van der Waals surface area contributed by atoms with Crippen LogP contribution in [-0.2, 0) is 10.0 Å². The fourth-order valence-electron chi connectivity index (χ4n) is 1.11. The number of sulfonamides is 1. The minimum atomic E-state index is -3.94. The molecule has 0 unspecified atom stereocenters. The Labute approximate surface area is 98.3 Å². The minimum absolute atomic E-state index is 0.103. The average molecular weight is 268 g/mol. The number of hydrogen-bond donors (Lipinski definition) is 1. The average Bonchev–Trinajstić information content (AvgIpc) is 2.22. The summed E-state index contributed by atoms with van der Waals surface area (Å²) in [6.45, 7) is -0.438. The predicted octanol–water partition coefficient (Wildman–Crippen LogP) is 1.09. The number of aliphatic hydroxyl groups excluding tert-OH is 1. The van der Waals surface area contributed by atoms with Crippen LogP contribution >= 0.6 is 11.6 Å². The van der Waals surface area contributed by atoms with Gasteiger partial charge in [-0.3, -0.25) is 0 Å². The monoisotopic (exact) mass is 267 g/mol. The van der Waals surface area contributed by atoms with E-state index in [1.54, 1.807) is 0 Å². The normalized spacial score (nSPS) is 12.1. The van der Waals surface area contributed by atoms with Crippen LogP contribution in [0.3, 0.4) is 0 Å². The number of rotatable bonds is 4. The molecule has 0 heterocycles. The van der Waals surface area contributed by atoms with Crippen LogP contribution in [0.1, 0.15) is 0 Å². The molecule has 16 heavy (non-hydrogen) atoms. The highest BCUT2D eigenvalue weighted by atomic mass is 35.5. The highest BCUT2D eigenvalue weighted by Gasteiger charge is 2.24. The quantitative estimate of drug-likeness (QED) is 0.889. The molecule has 1 aromatic carbocycles. The summed E-state index contributed by atoms with van der Waals surface area (Å²) < 4.78 is 38.0. The third-order valence-electron chi connectivity index (χ3n) is 2.02. The van der Waals surface area contributed by atoms with E-state index in [0.29, 0.717) is 0 Å². The molecule has 1 rings (SSSR count). The molecule has 0 aliphatic heterocycles. The summed E-state index contributed by atoms with van der Waals surface area (Å²) in [5, 5.41) is 8.39. The molecule has 0 atom stereocenters. The second kappa shape index (κ2) is 5.09. The van der Waals surface area contributed by atoms with Gasteiger partial charge < -0.3 is 5.11 Å². The number of halogens is 2. The molecule has 1 aromatic rings. The van der Waals surface area contributed by atoms with Gasteiger partial charge in [0, 0.05) is 13.6 Å². The van der Waals surface area contributed by atoms with Crippen molar-refractivity contribution < 1.29 is 17.9 Å². The summed E-state index contributed by atoms with van der Waals surface area (Å²) in [5.41, 5.74) is 0. The maximum atomic E-state index is 13.5. The van der Waals surface area contributed by atoms with E-state index in [1.807, 2.05) is 0 Å². The zero-order valence-corrected chi connectivity index (χ0v) is 10.1. The molecular formula is C9H11ClFNO3S. The summed E-state index contributed by atoms with van der Waals surface area (Å²) in [5.74, 6) is -0.978. The Bertz CT molecular complexity index is 478. The second-order valence-electron chi connectivity index (χ2n) is 3.10. The molecule has 0 radical (unpaired) electrons. The first kappa shape index (κ1) is 13.4. The van der Waals surface area contributed by atoms with E-state index in [4.69, 9.17) is 16.7 Å². The first-order valence-corrected chi connectivity index (χ1v) is 6.24. The van der Waals surface area contributed by atoms with Crippen LogP contribution < -0.4 is 0 Å². The molecular weight excluding hydrogens is 257 g/mol.